The first-order valence-electron chi connectivity index (χ1n) is 25.1. The molecule has 20 nitrogen and oxygen atoms in total. The molecule has 0 aliphatic carbocycles. The summed E-state index contributed by atoms with van der Waals surface area (Å²) in [5.74, 6) is -9.01. The van der Waals surface area contributed by atoms with Gasteiger partial charge in [0.2, 0.25) is 5.79 Å². The molecule has 74 heavy (non-hydrogen) atoms. The average Bonchev–Trinajstić information content (AvgIpc) is 3.28. The molecule has 0 saturated carbocycles. The lowest BCUT2D eigenvalue weighted by Crippen LogP contribution is -2.67. The van der Waals surface area contributed by atoms with E-state index < -0.39 is 133 Å². The van der Waals surface area contributed by atoms with Crippen molar-refractivity contribution in [3.05, 3.63) is 58.7 Å². The van der Waals surface area contributed by atoms with Crippen LogP contribution in [0.3, 0.4) is 0 Å². The molecule has 3 rings (SSSR count). The summed E-state index contributed by atoms with van der Waals surface area (Å²) >= 11 is 0. The maximum Gasteiger partial charge on any atom is 0.334 e. The number of ether oxygens (including phenoxy) is 12. The Bertz CT molecular complexity index is 2080. The Morgan fingerprint density at radius 3 is 1.93 bits per heavy atom. The molecule has 418 valence electrons. The molecule has 3 aliphatic heterocycles. The number of hydrogen-bond acceptors (Lipinski definition) is 20. The Balaban J connectivity index is 2.25. The molecule has 3 aliphatic rings. The van der Waals surface area contributed by atoms with Crippen LogP contribution in [0, 0.1) is 17.8 Å². The first kappa shape index (κ1) is 63.5. The van der Waals surface area contributed by atoms with Crippen LogP contribution in [0.15, 0.2) is 58.7 Å². The van der Waals surface area contributed by atoms with Crippen molar-refractivity contribution in [1.82, 2.24) is 0 Å². The summed E-state index contributed by atoms with van der Waals surface area (Å²) < 4.78 is 71.3. The zero-order valence-electron chi connectivity index (χ0n) is 46.0. The maximum atomic E-state index is 14.4. The Morgan fingerprint density at radius 1 is 0.757 bits per heavy atom. The second-order valence-corrected chi connectivity index (χ2v) is 19.6. The molecule has 0 radical (unpaired) electrons. The van der Waals surface area contributed by atoms with Crippen molar-refractivity contribution >= 4 is 35.8 Å². The van der Waals surface area contributed by atoms with E-state index in [4.69, 9.17) is 56.8 Å². The zero-order chi connectivity index (χ0) is 55.8. The molecule has 2 N–H and O–H groups in total. The predicted molar refractivity (Wildman–Crippen MR) is 266 cm³/mol. The van der Waals surface area contributed by atoms with Gasteiger partial charge in [-0.1, -0.05) is 67.9 Å². The van der Waals surface area contributed by atoms with Crippen LogP contribution in [0.25, 0.3) is 0 Å². The third-order valence-electron chi connectivity index (χ3n) is 13.2. The Kier molecular flexibility index (Phi) is 25.3. The van der Waals surface area contributed by atoms with Crippen molar-refractivity contribution in [2.75, 3.05) is 27.9 Å². The maximum absolute atomic E-state index is 14.4. The lowest BCUT2D eigenvalue weighted by Gasteiger charge is -2.52. The van der Waals surface area contributed by atoms with Gasteiger partial charge in [-0.3, -0.25) is 24.0 Å². The number of carbonyl (C=O) groups is 6. The van der Waals surface area contributed by atoms with Crippen LogP contribution in [-0.4, -0.2) is 159 Å². The molecule has 2 fully saturated rings. The molecular weight excluding hydrogens is 969 g/mol. The normalized spacial score (nSPS) is 36.9. The molecule has 0 spiro atoms. The first-order chi connectivity index (χ1) is 34.6. The van der Waals surface area contributed by atoms with E-state index in [-0.39, 0.29) is 37.4 Å². The van der Waals surface area contributed by atoms with Gasteiger partial charge in [-0.15, -0.1) is 0 Å². The fraction of sp³-hybridized carbons (Fsp3) is 0.704. The molecule has 0 aromatic carbocycles. The van der Waals surface area contributed by atoms with E-state index >= 15 is 0 Å². The highest BCUT2D eigenvalue weighted by Gasteiger charge is 2.60. The quantitative estimate of drug-likeness (QED) is 0.149. The molecule has 0 bridgehead atoms. The lowest BCUT2D eigenvalue weighted by molar-refractivity contribution is -0.363. The Labute approximate surface area is 436 Å². The zero-order valence-corrected chi connectivity index (χ0v) is 46.0. The van der Waals surface area contributed by atoms with Gasteiger partial charge in [0.1, 0.15) is 24.4 Å². The SMILES string of the molecule is COC[C@H](O)C[C@H]1O[C@@](O)([C@H](OC(C)=O)[C@@H]2C[C@H](OC)[C@@H](OC(C)=O)CC/C=C(C)/C=C/[C@@H](O[C@@H]3O[C@@H](C)[C@H](OC)[C@@H](OC(C)=O)[C@@H]3OC(C)=O)[C@H](C)/C=C(C)/C=C(C)/C=C(\C)C(=O)O2)[C@H](C)[C@@H](OC(C)=O)[C@H]1C. The predicted octanol–water partition coefficient (Wildman–Crippen LogP) is 5.64. The van der Waals surface area contributed by atoms with Crippen LogP contribution in [0.1, 0.15) is 116 Å². The monoisotopic (exact) mass is 1050 g/mol. The number of hydrogen-bond donors (Lipinski definition) is 2. The summed E-state index contributed by atoms with van der Waals surface area (Å²) in [5.41, 5.74) is 2.26. The molecular formula is C54H82O20. The molecule has 2 saturated heterocycles. The number of rotatable bonds is 15. The van der Waals surface area contributed by atoms with Gasteiger partial charge in [0.05, 0.1) is 43.0 Å². The number of aliphatic hydroxyl groups is 2. The fourth-order valence-corrected chi connectivity index (χ4v) is 9.81. The fourth-order valence-electron chi connectivity index (χ4n) is 9.81. The van der Waals surface area contributed by atoms with E-state index in [0.29, 0.717) is 12.0 Å². The van der Waals surface area contributed by atoms with E-state index in [0.717, 1.165) is 18.1 Å². The summed E-state index contributed by atoms with van der Waals surface area (Å²) in [4.78, 5) is 77.6. The van der Waals surface area contributed by atoms with E-state index in [2.05, 4.69) is 0 Å². The highest BCUT2D eigenvalue weighted by molar-refractivity contribution is 5.88. The first-order valence-corrected chi connectivity index (χ1v) is 25.1. The van der Waals surface area contributed by atoms with Crippen LogP contribution < -0.4 is 0 Å². The van der Waals surface area contributed by atoms with Gasteiger partial charge in [0, 0.05) is 86.2 Å². The summed E-state index contributed by atoms with van der Waals surface area (Å²) in [5, 5.41) is 23.8. The third-order valence-corrected chi connectivity index (χ3v) is 13.2. The van der Waals surface area contributed by atoms with Gasteiger partial charge in [-0.2, -0.15) is 0 Å². The molecule has 0 amide bonds. The number of esters is 6. The number of aliphatic hydroxyl groups excluding tert-OH is 1. The topological polar surface area (TPSA) is 254 Å². The van der Waals surface area contributed by atoms with Gasteiger partial charge >= 0.3 is 35.8 Å². The summed E-state index contributed by atoms with van der Waals surface area (Å²) in [7, 11) is 4.21. The summed E-state index contributed by atoms with van der Waals surface area (Å²) in [6, 6.07) is 0. The average molecular weight is 1050 g/mol. The van der Waals surface area contributed by atoms with Crippen LogP contribution >= 0.6 is 0 Å². The van der Waals surface area contributed by atoms with Gasteiger partial charge < -0.3 is 67.1 Å². The van der Waals surface area contributed by atoms with Gasteiger partial charge in [0.25, 0.3) is 0 Å². The second kappa shape index (κ2) is 29.5. The third kappa shape index (κ3) is 18.5. The minimum atomic E-state index is -2.54. The van der Waals surface area contributed by atoms with Gasteiger partial charge in [-0.05, 0) is 53.5 Å². The van der Waals surface area contributed by atoms with Crippen molar-refractivity contribution in [1.29, 1.82) is 0 Å². The van der Waals surface area contributed by atoms with Gasteiger partial charge in [-0.25, -0.2) is 4.79 Å². The minimum absolute atomic E-state index is 0.0849. The lowest BCUT2D eigenvalue weighted by atomic mass is 9.75. The number of carbonyl (C=O) groups excluding carboxylic acids is 6. The smallest absolute Gasteiger partial charge is 0.334 e. The van der Waals surface area contributed by atoms with Crippen molar-refractivity contribution < 1.29 is 95.8 Å². The highest BCUT2D eigenvalue weighted by atomic mass is 16.7. The number of methoxy groups -OCH3 is 3. The molecule has 3 heterocycles. The molecule has 20 heteroatoms. The van der Waals surface area contributed by atoms with E-state index in [1.54, 1.807) is 33.8 Å². The Morgan fingerprint density at radius 2 is 1.36 bits per heavy atom. The van der Waals surface area contributed by atoms with Crippen LogP contribution in [-0.2, 0) is 85.6 Å². The van der Waals surface area contributed by atoms with E-state index in [1.807, 2.05) is 51.2 Å². The number of allylic oxidation sites excluding steroid dienone is 7. The van der Waals surface area contributed by atoms with Crippen molar-refractivity contribution in [2.24, 2.45) is 17.8 Å². The summed E-state index contributed by atoms with van der Waals surface area (Å²) in [6.07, 6.45) is -3.26. The van der Waals surface area contributed by atoms with Crippen molar-refractivity contribution in [3.8, 4) is 0 Å². The van der Waals surface area contributed by atoms with E-state index in [9.17, 15) is 39.0 Å². The largest absolute Gasteiger partial charge is 0.462 e. The minimum Gasteiger partial charge on any atom is -0.462 e. The van der Waals surface area contributed by atoms with Gasteiger partial charge in [0.15, 0.2) is 24.6 Å². The molecule has 0 aromatic heterocycles. The van der Waals surface area contributed by atoms with Crippen LogP contribution in [0.4, 0.5) is 0 Å². The molecule has 17 atom stereocenters. The second-order valence-electron chi connectivity index (χ2n) is 19.6. The highest BCUT2D eigenvalue weighted by Crippen LogP contribution is 2.44. The molecule has 0 unspecified atom stereocenters. The molecule has 0 aromatic rings. The number of cyclic esters (lactones) is 1. The van der Waals surface area contributed by atoms with E-state index in [1.165, 1.54) is 55.9 Å². The van der Waals surface area contributed by atoms with Crippen LogP contribution in [0.5, 0.6) is 0 Å². The standard InChI is InChI=1S/C54H82O20/c1-28-18-17-19-43(67-36(9)55)45(64-15)26-46(51(71-40(13)59)54(62)34(7)47(68-37(10)56)33(6)44(74-54)25-41(60)27-63-14)72-52(61)32(5)24-30(3)22-29(2)23-31(4)42(21-20-28)73-53-50(70-39(12)58)49(69-38(11)57)48(65-16)35(8)66-53/h18,20-24,31,33-35,41-51,53,60,62H,17,19,25-27H2,1-16H3/b21-20+,28-18+,29-23+,30-22+,32-24+/t31-,33+,34-,35+,41-,42-,43+,44-,45+,46+,47+,48+,49-,50+,51-,53+,54-/m1/s1. The van der Waals surface area contributed by atoms with Crippen LogP contribution in [0.2, 0.25) is 0 Å². The van der Waals surface area contributed by atoms with Crippen molar-refractivity contribution in [2.45, 2.75) is 201 Å². The summed E-state index contributed by atoms with van der Waals surface area (Å²) in [6.45, 7) is 19.9. The Hall–Kier alpha value is -4.80. The van der Waals surface area contributed by atoms with Crippen molar-refractivity contribution in [3.63, 3.8) is 0 Å².